The second-order valence-corrected chi connectivity index (χ2v) is 10.5. The van der Waals surface area contributed by atoms with Gasteiger partial charge in [-0.15, -0.1) is 0 Å². The summed E-state index contributed by atoms with van der Waals surface area (Å²) in [4.78, 5) is 20.1. The van der Waals surface area contributed by atoms with Crippen molar-refractivity contribution in [1.29, 1.82) is 0 Å². The number of hydrogen-bond acceptors (Lipinski definition) is 3. The molecule has 3 aromatic rings. The zero-order chi connectivity index (χ0) is 26.3. The van der Waals surface area contributed by atoms with Crippen LogP contribution in [0.3, 0.4) is 0 Å². The highest BCUT2D eigenvalue weighted by atomic mass is 35.5. The molecule has 3 heterocycles. The Bertz CT molecular complexity index is 1330. The van der Waals surface area contributed by atoms with Gasteiger partial charge >= 0.3 is 6.18 Å². The second kappa shape index (κ2) is 10.1. The fraction of sp³-hybridized carbons (Fsp3) is 0.370. The number of hydrogen-bond donors (Lipinski definition) is 0. The van der Waals surface area contributed by atoms with E-state index in [1.54, 1.807) is 30.0 Å². The van der Waals surface area contributed by atoms with Crippen LogP contribution in [0, 0.1) is 11.8 Å². The standard InChI is InChI=1S/C27H25Cl2F3N4O/c1-16-24(26(37)35-11-9-18(10-12-35)13-17-5-3-2-4-6-17)25(19-7-8-20(28)21(29)14-19)36-23(33-16)15-22(34-36)27(30,31)32/h2-8,14-15,18,24-25H,9-13H2,1H3. The maximum absolute atomic E-state index is 13.9. The van der Waals surface area contributed by atoms with Gasteiger partial charge in [-0.2, -0.15) is 18.3 Å². The molecule has 5 nitrogen and oxygen atoms in total. The van der Waals surface area contributed by atoms with E-state index in [4.69, 9.17) is 23.2 Å². The summed E-state index contributed by atoms with van der Waals surface area (Å²) >= 11 is 12.4. The maximum atomic E-state index is 13.9. The van der Waals surface area contributed by atoms with Gasteiger partial charge < -0.3 is 4.90 Å². The molecule has 0 bridgehead atoms. The average molecular weight is 549 g/mol. The normalized spacial score (nSPS) is 20.5. The van der Waals surface area contributed by atoms with E-state index in [9.17, 15) is 18.0 Å². The Morgan fingerprint density at radius 3 is 2.38 bits per heavy atom. The van der Waals surface area contributed by atoms with Gasteiger partial charge in [-0.1, -0.05) is 59.6 Å². The minimum Gasteiger partial charge on any atom is -0.342 e. The smallest absolute Gasteiger partial charge is 0.342 e. The van der Waals surface area contributed by atoms with Gasteiger partial charge in [0.05, 0.1) is 16.1 Å². The van der Waals surface area contributed by atoms with Gasteiger partial charge in [-0.3, -0.25) is 4.79 Å². The minimum absolute atomic E-state index is 0.0477. The molecule has 194 valence electrons. The maximum Gasteiger partial charge on any atom is 0.435 e. The number of rotatable bonds is 4. The number of likely N-dealkylation sites (tertiary alicyclic amines) is 1. The molecule has 2 aliphatic rings. The SMILES string of the molecule is CC1=Nc2cc(C(F)(F)F)nn2C(c2ccc(Cl)c(Cl)c2)C1C(=O)N1CCC(Cc2ccccc2)CC1. The number of piperidine rings is 1. The Kier molecular flexibility index (Phi) is 7.07. The zero-order valence-corrected chi connectivity index (χ0v) is 21.6. The number of benzene rings is 2. The van der Waals surface area contributed by atoms with Crippen molar-refractivity contribution in [3.8, 4) is 0 Å². The molecule has 1 amide bonds. The highest BCUT2D eigenvalue weighted by Gasteiger charge is 2.44. The summed E-state index contributed by atoms with van der Waals surface area (Å²) in [5, 5.41) is 4.40. The molecule has 2 aromatic carbocycles. The highest BCUT2D eigenvalue weighted by Crippen LogP contribution is 2.42. The van der Waals surface area contributed by atoms with Gasteiger partial charge in [0, 0.05) is 24.9 Å². The molecular weight excluding hydrogens is 524 g/mol. The van der Waals surface area contributed by atoms with E-state index in [0.717, 1.165) is 25.3 Å². The zero-order valence-electron chi connectivity index (χ0n) is 20.1. The van der Waals surface area contributed by atoms with Crippen molar-refractivity contribution in [2.45, 2.75) is 38.4 Å². The molecule has 1 fully saturated rings. The monoisotopic (exact) mass is 548 g/mol. The third-order valence-electron chi connectivity index (χ3n) is 7.17. The summed E-state index contributed by atoms with van der Waals surface area (Å²) < 4.78 is 41.8. The topological polar surface area (TPSA) is 50.5 Å². The molecule has 1 aromatic heterocycles. The predicted octanol–water partition coefficient (Wildman–Crippen LogP) is 7.00. The number of aliphatic imine (C=N–C) groups is 1. The van der Waals surface area contributed by atoms with E-state index in [-0.39, 0.29) is 16.7 Å². The van der Waals surface area contributed by atoms with Crippen LogP contribution in [0.25, 0.3) is 0 Å². The van der Waals surface area contributed by atoms with Crippen molar-refractivity contribution < 1.29 is 18.0 Å². The largest absolute Gasteiger partial charge is 0.435 e. The Morgan fingerprint density at radius 2 is 1.73 bits per heavy atom. The lowest BCUT2D eigenvalue weighted by Crippen LogP contribution is -2.47. The number of aromatic nitrogens is 2. The Balaban J connectivity index is 1.43. The van der Waals surface area contributed by atoms with Crippen molar-refractivity contribution in [3.05, 3.63) is 81.5 Å². The summed E-state index contributed by atoms with van der Waals surface area (Å²) in [6.07, 6.45) is -1.98. The predicted molar refractivity (Wildman–Crippen MR) is 138 cm³/mol. The van der Waals surface area contributed by atoms with E-state index < -0.39 is 23.8 Å². The Labute approximate surface area is 222 Å². The first kappa shape index (κ1) is 25.8. The number of nitrogens with zero attached hydrogens (tertiary/aromatic N) is 4. The van der Waals surface area contributed by atoms with Crippen molar-refractivity contribution in [2.24, 2.45) is 16.8 Å². The van der Waals surface area contributed by atoms with E-state index in [2.05, 4.69) is 22.2 Å². The molecule has 2 aliphatic heterocycles. The van der Waals surface area contributed by atoms with Crippen LogP contribution in [0.4, 0.5) is 19.0 Å². The Morgan fingerprint density at radius 1 is 1.03 bits per heavy atom. The summed E-state index contributed by atoms with van der Waals surface area (Å²) in [5.41, 5.74) is 1.19. The highest BCUT2D eigenvalue weighted by molar-refractivity contribution is 6.42. The molecular formula is C27H25Cl2F3N4O. The van der Waals surface area contributed by atoms with Gasteiger partial charge in [-0.25, -0.2) is 9.67 Å². The van der Waals surface area contributed by atoms with E-state index >= 15 is 0 Å². The molecule has 0 saturated carbocycles. The van der Waals surface area contributed by atoms with Crippen LogP contribution in [0.2, 0.25) is 10.0 Å². The van der Waals surface area contributed by atoms with Crippen LogP contribution in [0.15, 0.2) is 59.6 Å². The van der Waals surface area contributed by atoms with Crippen LogP contribution >= 0.6 is 23.2 Å². The first-order valence-corrected chi connectivity index (χ1v) is 12.9. The molecule has 2 unspecified atom stereocenters. The third kappa shape index (κ3) is 5.27. The van der Waals surface area contributed by atoms with Crippen molar-refractivity contribution in [1.82, 2.24) is 14.7 Å². The quantitative estimate of drug-likeness (QED) is 0.352. The van der Waals surface area contributed by atoms with Crippen LogP contribution < -0.4 is 0 Å². The molecule has 0 N–H and O–H groups in total. The average Bonchev–Trinajstić information content (AvgIpc) is 3.30. The first-order chi connectivity index (χ1) is 17.6. The van der Waals surface area contributed by atoms with Crippen LogP contribution in [-0.2, 0) is 17.4 Å². The summed E-state index contributed by atoms with van der Waals surface area (Å²) in [6, 6.07) is 15.1. The van der Waals surface area contributed by atoms with Crippen LogP contribution in [0.1, 0.15) is 42.6 Å². The van der Waals surface area contributed by atoms with Gasteiger partial charge in [-0.05, 0) is 55.4 Å². The number of halogens is 5. The summed E-state index contributed by atoms with van der Waals surface area (Å²) in [7, 11) is 0. The van der Waals surface area contributed by atoms with E-state index in [0.29, 0.717) is 35.3 Å². The fourth-order valence-corrected chi connectivity index (χ4v) is 5.58. The summed E-state index contributed by atoms with van der Waals surface area (Å²) in [6.45, 7) is 2.83. The number of fused-ring (bicyclic) bond motifs is 1. The van der Waals surface area contributed by atoms with Crippen molar-refractivity contribution >= 4 is 40.6 Å². The van der Waals surface area contributed by atoms with E-state index in [1.807, 2.05) is 18.2 Å². The van der Waals surface area contributed by atoms with Crippen LogP contribution in [0.5, 0.6) is 0 Å². The van der Waals surface area contributed by atoms with Gasteiger partial charge in [0.2, 0.25) is 5.91 Å². The van der Waals surface area contributed by atoms with Gasteiger partial charge in [0.15, 0.2) is 11.5 Å². The molecule has 1 saturated heterocycles. The molecule has 5 rings (SSSR count). The van der Waals surface area contributed by atoms with Gasteiger partial charge in [0.1, 0.15) is 5.92 Å². The number of carbonyl (C=O) groups is 1. The minimum atomic E-state index is -4.64. The molecule has 2 atom stereocenters. The second-order valence-electron chi connectivity index (χ2n) is 9.64. The lowest BCUT2D eigenvalue weighted by atomic mass is 9.85. The molecule has 0 spiro atoms. The molecule has 0 radical (unpaired) electrons. The Hall–Kier alpha value is -2.84. The first-order valence-electron chi connectivity index (χ1n) is 12.1. The van der Waals surface area contributed by atoms with Gasteiger partial charge in [0.25, 0.3) is 0 Å². The number of alkyl halides is 3. The van der Waals surface area contributed by atoms with Crippen LogP contribution in [-0.4, -0.2) is 39.4 Å². The molecule has 0 aliphatic carbocycles. The fourth-order valence-electron chi connectivity index (χ4n) is 5.28. The third-order valence-corrected chi connectivity index (χ3v) is 7.91. The number of carbonyl (C=O) groups excluding carboxylic acids is 1. The number of amides is 1. The lowest BCUT2D eigenvalue weighted by molar-refractivity contribution is -0.141. The summed E-state index contributed by atoms with van der Waals surface area (Å²) in [5.74, 6) is -0.487. The molecule has 37 heavy (non-hydrogen) atoms. The van der Waals surface area contributed by atoms with Crippen molar-refractivity contribution in [2.75, 3.05) is 13.1 Å². The lowest BCUT2D eigenvalue weighted by Gasteiger charge is -2.38. The van der Waals surface area contributed by atoms with Crippen molar-refractivity contribution in [3.63, 3.8) is 0 Å². The molecule has 10 heteroatoms. The van der Waals surface area contributed by atoms with E-state index in [1.165, 1.54) is 10.2 Å².